The van der Waals surface area contributed by atoms with Crippen molar-refractivity contribution in [3.05, 3.63) is 34.9 Å². The minimum absolute atomic E-state index is 0.0390. The van der Waals surface area contributed by atoms with E-state index in [9.17, 15) is 4.79 Å². The summed E-state index contributed by atoms with van der Waals surface area (Å²) in [6.45, 7) is 1.67. The third kappa shape index (κ3) is 2.06. The molecular formula is C12H15ClN2O. The molecule has 1 atom stereocenters. The van der Waals surface area contributed by atoms with Crippen LogP contribution in [0.25, 0.3) is 0 Å². The van der Waals surface area contributed by atoms with Gasteiger partial charge in [-0.2, -0.15) is 0 Å². The average molecular weight is 239 g/mol. The number of likely N-dealkylation sites (tertiary alicyclic amines) is 1. The van der Waals surface area contributed by atoms with Crippen LogP contribution in [0.4, 0.5) is 0 Å². The number of benzene rings is 1. The second-order valence-corrected chi connectivity index (χ2v) is 4.39. The number of nitrogens with one attached hydrogen (secondary N) is 1. The fraction of sp³-hybridized carbons (Fsp3) is 0.417. The van der Waals surface area contributed by atoms with Crippen LogP contribution < -0.4 is 5.32 Å². The van der Waals surface area contributed by atoms with E-state index in [0.717, 1.165) is 19.5 Å². The summed E-state index contributed by atoms with van der Waals surface area (Å²) >= 11 is 6.01. The van der Waals surface area contributed by atoms with Gasteiger partial charge >= 0.3 is 0 Å². The molecule has 0 aliphatic carbocycles. The fourth-order valence-corrected chi connectivity index (χ4v) is 2.16. The van der Waals surface area contributed by atoms with Crippen LogP contribution in [0.2, 0.25) is 5.02 Å². The molecule has 16 heavy (non-hydrogen) atoms. The summed E-state index contributed by atoms with van der Waals surface area (Å²) in [5, 5.41) is 3.62. The molecule has 1 amide bonds. The zero-order valence-electron chi connectivity index (χ0n) is 9.24. The van der Waals surface area contributed by atoms with Crippen molar-refractivity contribution < 1.29 is 4.79 Å². The Morgan fingerprint density at radius 2 is 2.31 bits per heavy atom. The highest BCUT2D eigenvalue weighted by Gasteiger charge is 2.32. The molecule has 0 radical (unpaired) electrons. The Hall–Kier alpha value is -1.06. The quantitative estimate of drug-likeness (QED) is 0.871. The topological polar surface area (TPSA) is 32.3 Å². The summed E-state index contributed by atoms with van der Waals surface area (Å²) in [6, 6.07) is 7.52. The normalized spacial score (nSPS) is 19.4. The van der Waals surface area contributed by atoms with Gasteiger partial charge in [0.05, 0.1) is 10.6 Å². The van der Waals surface area contributed by atoms with E-state index < -0.39 is 0 Å². The van der Waals surface area contributed by atoms with Crippen LogP contribution in [0.1, 0.15) is 16.8 Å². The molecule has 2 rings (SSSR count). The van der Waals surface area contributed by atoms with Gasteiger partial charge in [0.15, 0.2) is 0 Å². The van der Waals surface area contributed by atoms with Gasteiger partial charge in [0.25, 0.3) is 5.91 Å². The van der Waals surface area contributed by atoms with Crippen molar-refractivity contribution in [2.24, 2.45) is 0 Å². The number of rotatable bonds is 3. The minimum Gasteiger partial charge on any atom is -0.334 e. The van der Waals surface area contributed by atoms with E-state index in [1.54, 1.807) is 12.1 Å². The van der Waals surface area contributed by atoms with Gasteiger partial charge in [-0.25, -0.2) is 0 Å². The Kier molecular flexibility index (Phi) is 3.46. The van der Waals surface area contributed by atoms with E-state index in [0.29, 0.717) is 16.6 Å². The Labute approximate surface area is 100 Å². The van der Waals surface area contributed by atoms with Gasteiger partial charge < -0.3 is 10.2 Å². The molecule has 0 aromatic heterocycles. The Balaban J connectivity index is 2.11. The molecule has 1 heterocycles. The van der Waals surface area contributed by atoms with Gasteiger partial charge in [0.1, 0.15) is 0 Å². The number of amides is 1. The summed E-state index contributed by atoms with van der Waals surface area (Å²) in [6.07, 6.45) is 1.07. The van der Waals surface area contributed by atoms with E-state index in [4.69, 9.17) is 11.6 Å². The first kappa shape index (κ1) is 11.4. The predicted octanol–water partition coefficient (Wildman–Crippen LogP) is 1.77. The Morgan fingerprint density at radius 3 is 2.88 bits per heavy atom. The van der Waals surface area contributed by atoms with Crippen LogP contribution in [0.15, 0.2) is 24.3 Å². The van der Waals surface area contributed by atoms with E-state index in [1.165, 1.54) is 0 Å². The lowest BCUT2D eigenvalue weighted by atomic mass is 10.0. The maximum Gasteiger partial charge on any atom is 0.255 e. The van der Waals surface area contributed by atoms with E-state index >= 15 is 0 Å². The predicted molar refractivity (Wildman–Crippen MR) is 64.8 cm³/mol. The molecule has 0 spiro atoms. The van der Waals surface area contributed by atoms with E-state index in [2.05, 4.69) is 5.32 Å². The van der Waals surface area contributed by atoms with Crippen molar-refractivity contribution >= 4 is 17.5 Å². The second-order valence-electron chi connectivity index (χ2n) is 3.98. The van der Waals surface area contributed by atoms with Crippen molar-refractivity contribution in [1.29, 1.82) is 0 Å². The summed E-state index contributed by atoms with van der Waals surface area (Å²) in [5.41, 5.74) is 0.602. The molecule has 1 aromatic carbocycles. The maximum atomic E-state index is 12.1. The van der Waals surface area contributed by atoms with Crippen LogP contribution >= 0.6 is 11.6 Å². The molecule has 4 heteroatoms. The fourth-order valence-electron chi connectivity index (χ4n) is 1.95. The van der Waals surface area contributed by atoms with Gasteiger partial charge in [-0.15, -0.1) is 0 Å². The first-order valence-corrected chi connectivity index (χ1v) is 5.82. The molecule has 1 fully saturated rings. The molecule has 0 bridgehead atoms. The van der Waals surface area contributed by atoms with Gasteiger partial charge in [0, 0.05) is 19.1 Å². The van der Waals surface area contributed by atoms with Crippen molar-refractivity contribution in [2.75, 3.05) is 20.1 Å². The van der Waals surface area contributed by atoms with Crippen LogP contribution in [0.5, 0.6) is 0 Å². The highest BCUT2D eigenvalue weighted by Crippen LogP contribution is 2.23. The third-order valence-corrected chi connectivity index (χ3v) is 3.28. The SMILES string of the molecule is CNCC1CCN1C(=O)c1ccccc1Cl. The van der Waals surface area contributed by atoms with Crippen LogP contribution in [0, 0.1) is 0 Å². The van der Waals surface area contributed by atoms with Crippen molar-refractivity contribution in [3.8, 4) is 0 Å². The number of halogens is 1. The number of carbonyl (C=O) groups is 1. The van der Waals surface area contributed by atoms with Crippen LogP contribution in [0.3, 0.4) is 0 Å². The molecule has 1 unspecified atom stereocenters. The zero-order chi connectivity index (χ0) is 11.5. The summed E-state index contributed by atoms with van der Waals surface area (Å²) in [4.78, 5) is 14.0. The van der Waals surface area contributed by atoms with Crippen LogP contribution in [-0.4, -0.2) is 37.0 Å². The molecule has 1 saturated heterocycles. The van der Waals surface area contributed by atoms with E-state index in [1.807, 2.05) is 24.1 Å². The molecular weight excluding hydrogens is 224 g/mol. The third-order valence-electron chi connectivity index (χ3n) is 2.95. The van der Waals surface area contributed by atoms with Crippen LogP contribution in [-0.2, 0) is 0 Å². The minimum atomic E-state index is 0.0390. The largest absolute Gasteiger partial charge is 0.334 e. The number of likely N-dealkylation sites (N-methyl/N-ethyl adjacent to an activating group) is 1. The molecule has 1 aliphatic heterocycles. The van der Waals surface area contributed by atoms with Crippen molar-refractivity contribution in [3.63, 3.8) is 0 Å². The van der Waals surface area contributed by atoms with Gasteiger partial charge in [-0.3, -0.25) is 4.79 Å². The number of hydrogen-bond donors (Lipinski definition) is 1. The van der Waals surface area contributed by atoms with Crippen molar-refractivity contribution in [2.45, 2.75) is 12.5 Å². The Morgan fingerprint density at radius 1 is 1.56 bits per heavy atom. The zero-order valence-corrected chi connectivity index (χ0v) is 10.00. The lowest BCUT2D eigenvalue weighted by molar-refractivity contribution is 0.0468. The summed E-state index contributed by atoms with van der Waals surface area (Å²) in [5.74, 6) is 0.0390. The van der Waals surface area contributed by atoms with Gasteiger partial charge in [0.2, 0.25) is 0 Å². The maximum absolute atomic E-state index is 12.1. The first-order valence-electron chi connectivity index (χ1n) is 5.44. The van der Waals surface area contributed by atoms with Crippen molar-refractivity contribution in [1.82, 2.24) is 10.2 Å². The number of hydrogen-bond acceptors (Lipinski definition) is 2. The highest BCUT2D eigenvalue weighted by atomic mass is 35.5. The molecule has 1 aliphatic rings. The lowest BCUT2D eigenvalue weighted by Gasteiger charge is -2.41. The summed E-state index contributed by atoms with van der Waals surface area (Å²) < 4.78 is 0. The molecule has 1 aromatic rings. The second kappa shape index (κ2) is 4.85. The molecule has 3 nitrogen and oxygen atoms in total. The highest BCUT2D eigenvalue weighted by molar-refractivity contribution is 6.33. The monoisotopic (exact) mass is 238 g/mol. The molecule has 0 saturated carbocycles. The summed E-state index contributed by atoms with van der Waals surface area (Å²) in [7, 11) is 1.90. The first-order chi connectivity index (χ1) is 7.74. The lowest BCUT2D eigenvalue weighted by Crippen LogP contribution is -2.55. The Bertz CT molecular complexity index is 394. The van der Waals surface area contributed by atoms with Gasteiger partial charge in [-0.05, 0) is 25.6 Å². The molecule has 1 N–H and O–H groups in total. The smallest absolute Gasteiger partial charge is 0.255 e. The number of carbonyl (C=O) groups excluding carboxylic acids is 1. The van der Waals surface area contributed by atoms with E-state index in [-0.39, 0.29) is 5.91 Å². The standard InChI is InChI=1S/C12H15ClN2O/c1-14-8-9-6-7-15(9)12(16)10-4-2-3-5-11(10)13/h2-5,9,14H,6-8H2,1H3. The number of nitrogens with zero attached hydrogens (tertiary/aromatic N) is 1. The molecule has 86 valence electrons. The average Bonchev–Trinajstić information content (AvgIpc) is 2.25. The van der Waals surface area contributed by atoms with Gasteiger partial charge in [-0.1, -0.05) is 23.7 Å².